The third-order valence-electron chi connectivity index (χ3n) is 2.15. The Balaban J connectivity index is 2.49. The van der Waals surface area contributed by atoms with Crippen molar-refractivity contribution in [3.8, 4) is 0 Å². The Morgan fingerprint density at radius 3 is 3.15 bits per heavy atom. The molecule has 68 valence electrons. The molecule has 0 saturated carbocycles. The lowest BCUT2D eigenvalue weighted by molar-refractivity contribution is 0.509. The summed E-state index contributed by atoms with van der Waals surface area (Å²) in [6, 6.07) is 5.73. The van der Waals surface area contributed by atoms with E-state index in [-0.39, 0.29) is 5.92 Å². The molecule has 0 saturated heterocycles. The van der Waals surface area contributed by atoms with Crippen molar-refractivity contribution in [3.05, 3.63) is 30.2 Å². The van der Waals surface area contributed by atoms with Crippen molar-refractivity contribution in [1.29, 1.82) is 0 Å². The van der Waals surface area contributed by atoms with E-state index >= 15 is 0 Å². The Morgan fingerprint density at radius 1 is 1.62 bits per heavy atom. The van der Waals surface area contributed by atoms with E-state index in [9.17, 15) is 0 Å². The molecule has 1 unspecified atom stereocenters. The molecule has 1 atom stereocenters. The van der Waals surface area contributed by atoms with Crippen molar-refractivity contribution in [2.24, 2.45) is 5.73 Å². The second-order valence-electron chi connectivity index (χ2n) is 3.17. The molecule has 0 radical (unpaired) electrons. The number of hydrogen-bond acceptors (Lipinski definition) is 3. The number of fused-ring (bicyclic) bond motifs is 1. The zero-order valence-electron chi connectivity index (χ0n) is 7.53. The van der Waals surface area contributed by atoms with Gasteiger partial charge in [-0.25, -0.2) is 0 Å². The summed E-state index contributed by atoms with van der Waals surface area (Å²) >= 11 is 0. The van der Waals surface area contributed by atoms with Crippen LogP contribution >= 0.6 is 0 Å². The maximum atomic E-state index is 5.58. The first-order valence-corrected chi connectivity index (χ1v) is 4.36. The van der Waals surface area contributed by atoms with Crippen LogP contribution in [0.5, 0.6) is 0 Å². The predicted molar refractivity (Wildman–Crippen MR) is 51.5 cm³/mol. The van der Waals surface area contributed by atoms with Crippen molar-refractivity contribution in [1.82, 2.24) is 4.98 Å². The van der Waals surface area contributed by atoms with Crippen LogP contribution in [0.2, 0.25) is 0 Å². The molecular formula is C10H12N2O. The van der Waals surface area contributed by atoms with Gasteiger partial charge in [-0.3, -0.25) is 4.98 Å². The number of rotatable bonds is 2. The first kappa shape index (κ1) is 8.26. The molecule has 3 heteroatoms. The lowest BCUT2D eigenvalue weighted by Gasteiger charge is -2.01. The highest BCUT2D eigenvalue weighted by atomic mass is 16.3. The summed E-state index contributed by atoms with van der Waals surface area (Å²) in [5.41, 5.74) is 7.28. The highest BCUT2D eigenvalue weighted by Crippen LogP contribution is 2.22. The van der Waals surface area contributed by atoms with Crippen LogP contribution in [0.1, 0.15) is 18.6 Å². The number of hydrogen-bond donors (Lipinski definition) is 1. The summed E-state index contributed by atoms with van der Waals surface area (Å²) in [5, 5.41) is 0. The Kier molecular flexibility index (Phi) is 2.02. The summed E-state index contributed by atoms with van der Waals surface area (Å²) in [5.74, 6) is 1.17. The quantitative estimate of drug-likeness (QED) is 0.760. The van der Waals surface area contributed by atoms with Gasteiger partial charge in [0.25, 0.3) is 0 Å². The van der Waals surface area contributed by atoms with E-state index in [1.165, 1.54) is 0 Å². The van der Waals surface area contributed by atoms with Gasteiger partial charge in [0.15, 0.2) is 5.58 Å². The van der Waals surface area contributed by atoms with Gasteiger partial charge in [-0.05, 0) is 12.1 Å². The number of aromatic nitrogens is 1. The molecule has 2 rings (SSSR count). The average molecular weight is 176 g/mol. The van der Waals surface area contributed by atoms with Gasteiger partial charge < -0.3 is 10.2 Å². The average Bonchev–Trinajstić information content (AvgIpc) is 2.59. The maximum Gasteiger partial charge on any atom is 0.152 e. The molecule has 0 aromatic carbocycles. The number of furan rings is 1. The van der Waals surface area contributed by atoms with E-state index in [2.05, 4.69) is 4.98 Å². The highest BCUT2D eigenvalue weighted by Gasteiger charge is 2.09. The molecule has 0 fully saturated rings. The van der Waals surface area contributed by atoms with Crippen LogP contribution in [0.3, 0.4) is 0 Å². The number of nitrogens with zero attached hydrogens (tertiary/aromatic N) is 1. The molecule has 0 aliphatic rings. The van der Waals surface area contributed by atoms with E-state index in [0.717, 1.165) is 16.9 Å². The third kappa shape index (κ3) is 1.42. The van der Waals surface area contributed by atoms with Gasteiger partial charge >= 0.3 is 0 Å². The van der Waals surface area contributed by atoms with E-state index in [1.54, 1.807) is 6.20 Å². The van der Waals surface area contributed by atoms with Gasteiger partial charge in [0.1, 0.15) is 11.3 Å². The second kappa shape index (κ2) is 3.18. The van der Waals surface area contributed by atoms with E-state index < -0.39 is 0 Å². The number of pyridine rings is 1. The first-order valence-electron chi connectivity index (χ1n) is 4.36. The molecular weight excluding hydrogens is 164 g/mol. The summed E-state index contributed by atoms with van der Waals surface area (Å²) in [6.45, 7) is 2.64. The lowest BCUT2D eigenvalue weighted by atomic mass is 10.1. The van der Waals surface area contributed by atoms with Crippen LogP contribution in [-0.4, -0.2) is 11.5 Å². The number of nitrogens with two attached hydrogens (primary N) is 1. The summed E-state index contributed by atoms with van der Waals surface area (Å²) < 4.78 is 5.58. The van der Waals surface area contributed by atoms with Crippen molar-refractivity contribution in [2.75, 3.05) is 6.54 Å². The Morgan fingerprint density at radius 2 is 2.46 bits per heavy atom. The van der Waals surface area contributed by atoms with Crippen LogP contribution in [0, 0.1) is 0 Å². The fraction of sp³-hybridized carbons (Fsp3) is 0.300. The highest BCUT2D eigenvalue weighted by molar-refractivity contribution is 5.72. The fourth-order valence-corrected chi connectivity index (χ4v) is 1.25. The summed E-state index contributed by atoms with van der Waals surface area (Å²) in [6.07, 6.45) is 1.76. The van der Waals surface area contributed by atoms with Crippen LogP contribution in [-0.2, 0) is 0 Å². The molecule has 13 heavy (non-hydrogen) atoms. The summed E-state index contributed by atoms with van der Waals surface area (Å²) in [7, 11) is 0. The minimum Gasteiger partial charge on any atom is -0.459 e. The van der Waals surface area contributed by atoms with Crippen LogP contribution in [0.4, 0.5) is 0 Å². The monoisotopic (exact) mass is 176 g/mol. The standard InChI is InChI=1S/C10H12N2O/c1-7(6-11)10-5-8-9(13-10)3-2-4-12-8/h2-5,7H,6,11H2,1H3. The third-order valence-corrected chi connectivity index (χ3v) is 2.15. The predicted octanol–water partition coefficient (Wildman–Crippen LogP) is 1.89. The SMILES string of the molecule is CC(CN)c1cc2ncccc2o1. The normalized spacial score (nSPS) is 13.4. The Hall–Kier alpha value is -1.35. The Bertz CT molecular complexity index is 375. The maximum absolute atomic E-state index is 5.58. The van der Waals surface area contributed by atoms with Crippen LogP contribution < -0.4 is 5.73 Å². The van der Waals surface area contributed by atoms with Gasteiger partial charge in [-0.2, -0.15) is 0 Å². The molecule has 0 bridgehead atoms. The van der Waals surface area contributed by atoms with E-state index in [4.69, 9.17) is 10.2 Å². The van der Waals surface area contributed by atoms with Crippen LogP contribution in [0.15, 0.2) is 28.8 Å². The Labute approximate surface area is 76.6 Å². The molecule has 0 spiro atoms. The molecule has 2 aromatic rings. The van der Waals surface area contributed by atoms with Gasteiger partial charge in [0, 0.05) is 24.7 Å². The van der Waals surface area contributed by atoms with E-state index in [1.807, 2.05) is 25.1 Å². The molecule has 3 nitrogen and oxygen atoms in total. The lowest BCUT2D eigenvalue weighted by Crippen LogP contribution is -2.07. The van der Waals surface area contributed by atoms with Gasteiger partial charge in [0.05, 0.1) is 0 Å². The molecule has 2 heterocycles. The minimum absolute atomic E-state index is 0.259. The topological polar surface area (TPSA) is 52.0 Å². The van der Waals surface area contributed by atoms with E-state index in [0.29, 0.717) is 6.54 Å². The van der Waals surface area contributed by atoms with Gasteiger partial charge in [-0.15, -0.1) is 0 Å². The smallest absolute Gasteiger partial charge is 0.152 e. The minimum atomic E-state index is 0.259. The summed E-state index contributed by atoms with van der Waals surface area (Å²) in [4.78, 5) is 4.18. The molecule has 2 aromatic heterocycles. The fourth-order valence-electron chi connectivity index (χ4n) is 1.25. The van der Waals surface area contributed by atoms with Crippen molar-refractivity contribution in [2.45, 2.75) is 12.8 Å². The zero-order chi connectivity index (χ0) is 9.26. The van der Waals surface area contributed by atoms with Crippen molar-refractivity contribution >= 4 is 11.1 Å². The van der Waals surface area contributed by atoms with Gasteiger partial charge in [-0.1, -0.05) is 6.92 Å². The molecule has 0 aliphatic carbocycles. The van der Waals surface area contributed by atoms with Gasteiger partial charge in [0.2, 0.25) is 0 Å². The molecule has 0 aliphatic heterocycles. The first-order chi connectivity index (χ1) is 6.31. The van der Waals surface area contributed by atoms with Crippen LogP contribution in [0.25, 0.3) is 11.1 Å². The largest absolute Gasteiger partial charge is 0.459 e. The second-order valence-corrected chi connectivity index (χ2v) is 3.17. The van der Waals surface area contributed by atoms with Crippen molar-refractivity contribution < 1.29 is 4.42 Å². The molecule has 0 amide bonds. The molecule has 2 N–H and O–H groups in total. The van der Waals surface area contributed by atoms with Crippen molar-refractivity contribution in [3.63, 3.8) is 0 Å². The zero-order valence-corrected chi connectivity index (χ0v) is 7.53.